The predicted molar refractivity (Wildman–Crippen MR) is 108 cm³/mol. The zero-order valence-corrected chi connectivity index (χ0v) is 16.3. The van der Waals surface area contributed by atoms with Gasteiger partial charge >= 0.3 is 0 Å². The first kappa shape index (κ1) is 18.5. The first-order valence-electron chi connectivity index (χ1n) is 9.85. The number of rotatable bonds is 5. The van der Waals surface area contributed by atoms with Crippen LogP contribution in [0.4, 0.5) is 4.39 Å². The fourth-order valence-electron chi connectivity index (χ4n) is 3.74. The van der Waals surface area contributed by atoms with Crippen molar-refractivity contribution in [1.29, 1.82) is 0 Å². The van der Waals surface area contributed by atoms with Crippen molar-refractivity contribution < 1.29 is 4.39 Å². The molecule has 0 aliphatic carbocycles. The lowest BCUT2D eigenvalue weighted by Crippen LogP contribution is -2.41. The van der Waals surface area contributed by atoms with Crippen molar-refractivity contribution in [2.24, 2.45) is 4.99 Å². The van der Waals surface area contributed by atoms with Crippen LogP contribution in [0.3, 0.4) is 0 Å². The molecule has 0 saturated carbocycles. The summed E-state index contributed by atoms with van der Waals surface area (Å²) in [6, 6.07) is 4.92. The lowest BCUT2D eigenvalue weighted by atomic mass is 10.1. The predicted octanol–water partition coefficient (Wildman–Crippen LogP) is 2.84. The van der Waals surface area contributed by atoms with Crippen molar-refractivity contribution >= 4 is 16.9 Å². The largest absolute Gasteiger partial charge is 0.361 e. The molecule has 4 rings (SSSR count). The minimum atomic E-state index is -0.219. The maximum atomic E-state index is 13.6. The van der Waals surface area contributed by atoms with Gasteiger partial charge in [0.2, 0.25) is 0 Å². The number of guanidine groups is 1. The summed E-state index contributed by atoms with van der Waals surface area (Å²) in [5, 5.41) is 12.2. The lowest BCUT2D eigenvalue weighted by molar-refractivity contribution is 0.397. The molecule has 0 radical (unpaired) electrons. The second-order valence-electron chi connectivity index (χ2n) is 7.09. The van der Waals surface area contributed by atoms with E-state index in [0.29, 0.717) is 6.54 Å². The van der Waals surface area contributed by atoms with E-state index in [1.165, 1.54) is 6.07 Å². The molecule has 3 heterocycles. The van der Waals surface area contributed by atoms with E-state index >= 15 is 0 Å². The molecule has 0 saturated heterocycles. The molecule has 1 unspecified atom stereocenters. The number of nitrogens with one attached hydrogen (secondary N) is 3. The van der Waals surface area contributed by atoms with Gasteiger partial charge in [0, 0.05) is 36.7 Å². The molecule has 28 heavy (non-hydrogen) atoms. The molecule has 0 fully saturated rings. The second kappa shape index (κ2) is 8.00. The fraction of sp³-hybridized carbons (Fsp3) is 0.450. The molecule has 0 amide bonds. The maximum absolute atomic E-state index is 13.6. The minimum Gasteiger partial charge on any atom is -0.361 e. The first-order valence-corrected chi connectivity index (χ1v) is 9.85. The third kappa shape index (κ3) is 3.85. The average molecular weight is 383 g/mol. The monoisotopic (exact) mass is 383 g/mol. The molecule has 0 spiro atoms. The van der Waals surface area contributed by atoms with Crippen LogP contribution in [0.15, 0.2) is 29.4 Å². The van der Waals surface area contributed by atoms with E-state index in [0.717, 1.165) is 66.4 Å². The first-order chi connectivity index (χ1) is 13.6. The van der Waals surface area contributed by atoms with Crippen LogP contribution < -0.4 is 10.6 Å². The smallest absolute Gasteiger partial charge is 0.191 e. The molecular weight excluding hydrogens is 357 g/mol. The Balaban J connectivity index is 1.46. The van der Waals surface area contributed by atoms with Crippen LogP contribution in [-0.2, 0) is 13.0 Å². The highest BCUT2D eigenvalue weighted by Gasteiger charge is 2.24. The van der Waals surface area contributed by atoms with Crippen molar-refractivity contribution in [1.82, 2.24) is 30.4 Å². The zero-order valence-electron chi connectivity index (χ0n) is 16.3. The number of fused-ring (bicyclic) bond motifs is 2. The summed E-state index contributed by atoms with van der Waals surface area (Å²) in [7, 11) is 0. The summed E-state index contributed by atoms with van der Waals surface area (Å²) in [6.07, 6.45) is 4.74. The normalized spacial score (nSPS) is 17.0. The van der Waals surface area contributed by atoms with Gasteiger partial charge in [0.15, 0.2) is 5.96 Å². The summed E-state index contributed by atoms with van der Waals surface area (Å²) in [6.45, 7) is 6.28. The van der Waals surface area contributed by atoms with Crippen molar-refractivity contribution in [3.8, 4) is 0 Å². The standard InChI is InChI=1S/C20H26FN7/c1-3-22-20(26-18-5-4-10-28-19(18)25-13(2)27-28)23-9-8-14-12-24-17-7-6-15(21)11-16(14)17/h6-7,11-12,18,24H,3-5,8-10H2,1-2H3,(H2,22,23,26). The van der Waals surface area contributed by atoms with Gasteiger partial charge < -0.3 is 15.6 Å². The van der Waals surface area contributed by atoms with Crippen LogP contribution in [0.2, 0.25) is 0 Å². The Labute approximate surface area is 163 Å². The minimum absolute atomic E-state index is 0.106. The van der Waals surface area contributed by atoms with E-state index in [-0.39, 0.29) is 11.9 Å². The van der Waals surface area contributed by atoms with Crippen LogP contribution in [0.5, 0.6) is 0 Å². The molecule has 3 N–H and O–H groups in total. The number of halogens is 1. The molecule has 1 aliphatic rings. The molecule has 1 atom stereocenters. The van der Waals surface area contributed by atoms with Gasteiger partial charge in [0.05, 0.1) is 6.04 Å². The number of aryl methyl sites for hydroxylation is 2. The van der Waals surface area contributed by atoms with Crippen molar-refractivity contribution in [3.05, 3.63) is 47.4 Å². The van der Waals surface area contributed by atoms with Gasteiger partial charge in [-0.2, -0.15) is 5.10 Å². The summed E-state index contributed by atoms with van der Waals surface area (Å²) in [5.74, 6) is 2.33. The highest BCUT2D eigenvalue weighted by molar-refractivity contribution is 5.83. The Morgan fingerprint density at radius 2 is 2.32 bits per heavy atom. The highest BCUT2D eigenvalue weighted by Crippen LogP contribution is 2.23. The zero-order chi connectivity index (χ0) is 19.5. The van der Waals surface area contributed by atoms with Crippen molar-refractivity contribution in [2.45, 2.75) is 45.7 Å². The van der Waals surface area contributed by atoms with E-state index < -0.39 is 0 Å². The topological polar surface area (TPSA) is 82.9 Å². The number of hydrogen-bond acceptors (Lipinski definition) is 3. The number of aromatic amines is 1. The quantitative estimate of drug-likeness (QED) is 0.467. The molecule has 2 aromatic heterocycles. The van der Waals surface area contributed by atoms with Crippen LogP contribution >= 0.6 is 0 Å². The fourth-order valence-corrected chi connectivity index (χ4v) is 3.74. The Morgan fingerprint density at radius 1 is 1.43 bits per heavy atom. The van der Waals surface area contributed by atoms with Gasteiger partial charge in [0.25, 0.3) is 0 Å². The summed E-state index contributed by atoms with van der Waals surface area (Å²) >= 11 is 0. The number of nitrogens with zero attached hydrogens (tertiary/aromatic N) is 4. The highest BCUT2D eigenvalue weighted by atomic mass is 19.1. The van der Waals surface area contributed by atoms with Crippen LogP contribution in [-0.4, -0.2) is 38.8 Å². The van der Waals surface area contributed by atoms with Crippen LogP contribution in [0.1, 0.15) is 43.0 Å². The Bertz CT molecular complexity index is 988. The molecule has 1 aromatic carbocycles. The number of hydrogen-bond donors (Lipinski definition) is 3. The van der Waals surface area contributed by atoms with Crippen molar-refractivity contribution in [3.63, 3.8) is 0 Å². The van der Waals surface area contributed by atoms with Crippen LogP contribution in [0, 0.1) is 12.7 Å². The van der Waals surface area contributed by atoms with E-state index in [9.17, 15) is 4.39 Å². The summed E-state index contributed by atoms with van der Waals surface area (Å²) < 4.78 is 15.5. The second-order valence-corrected chi connectivity index (χ2v) is 7.09. The Kier molecular flexibility index (Phi) is 5.27. The lowest BCUT2D eigenvalue weighted by Gasteiger charge is -2.25. The molecule has 1 aliphatic heterocycles. The third-order valence-corrected chi connectivity index (χ3v) is 5.02. The number of benzene rings is 1. The maximum Gasteiger partial charge on any atom is 0.191 e. The molecule has 148 valence electrons. The average Bonchev–Trinajstić information content (AvgIpc) is 3.25. The Hall–Kier alpha value is -2.90. The molecule has 3 aromatic rings. The SMILES string of the molecule is CCNC(=NCCc1c[nH]c2ccc(F)cc12)NC1CCCn2nc(C)nc21. The van der Waals surface area contributed by atoms with E-state index in [2.05, 4.69) is 25.7 Å². The molecular formula is C20H26FN7. The van der Waals surface area contributed by atoms with Gasteiger partial charge in [-0.15, -0.1) is 0 Å². The number of aliphatic imine (C=N–C) groups is 1. The van der Waals surface area contributed by atoms with Gasteiger partial charge in [-0.05, 0) is 56.9 Å². The number of aromatic nitrogens is 4. The van der Waals surface area contributed by atoms with E-state index in [1.54, 1.807) is 12.1 Å². The third-order valence-electron chi connectivity index (χ3n) is 5.02. The summed E-state index contributed by atoms with van der Waals surface area (Å²) in [4.78, 5) is 12.5. The van der Waals surface area contributed by atoms with Gasteiger partial charge in [-0.3, -0.25) is 4.99 Å². The van der Waals surface area contributed by atoms with Gasteiger partial charge in [-0.25, -0.2) is 14.1 Å². The van der Waals surface area contributed by atoms with E-state index in [1.807, 2.05) is 24.7 Å². The van der Waals surface area contributed by atoms with E-state index in [4.69, 9.17) is 4.99 Å². The van der Waals surface area contributed by atoms with Gasteiger partial charge in [-0.1, -0.05) is 0 Å². The van der Waals surface area contributed by atoms with Crippen LogP contribution in [0.25, 0.3) is 10.9 Å². The number of H-pyrrole nitrogens is 1. The molecule has 8 heteroatoms. The molecule has 0 bridgehead atoms. The molecule has 7 nitrogen and oxygen atoms in total. The van der Waals surface area contributed by atoms with Gasteiger partial charge in [0.1, 0.15) is 17.5 Å². The summed E-state index contributed by atoms with van der Waals surface area (Å²) in [5.41, 5.74) is 2.02. The van der Waals surface area contributed by atoms with Crippen molar-refractivity contribution in [2.75, 3.05) is 13.1 Å². The Morgan fingerprint density at radius 3 is 3.18 bits per heavy atom.